The molecule has 2 aliphatic carbocycles. The summed E-state index contributed by atoms with van der Waals surface area (Å²) in [5, 5.41) is 57.4. The molecule has 1 unspecified atom stereocenters. The second-order valence-corrected chi connectivity index (χ2v) is 9.70. The third-order valence-corrected chi connectivity index (χ3v) is 7.32. The van der Waals surface area contributed by atoms with Crippen LogP contribution in [0.5, 0.6) is 11.5 Å². The van der Waals surface area contributed by atoms with E-state index >= 15 is 0 Å². The number of aliphatic hydroxyl groups is 3. The number of hydrogen-bond donors (Lipinski definition) is 5. The molecular weight excluding hydrogens is 486 g/mol. The molecule has 194 valence electrons. The number of ether oxygens (including phenoxy) is 2. The Morgan fingerprint density at radius 3 is 2.35 bits per heavy atom. The molecule has 2 aromatic carbocycles. The molecule has 0 saturated carbocycles. The molecule has 6 atom stereocenters. The van der Waals surface area contributed by atoms with Crippen LogP contribution in [-0.2, 0) is 15.9 Å². The maximum atomic E-state index is 13.3. The number of rotatable bonds is 4. The maximum Gasteiger partial charge on any atom is 0.198 e. The fraction of sp³-hybridized carbons (Fsp3) is 0.440. The van der Waals surface area contributed by atoms with Crippen LogP contribution in [0.4, 0.5) is 0 Å². The summed E-state index contributed by atoms with van der Waals surface area (Å²) >= 11 is 0. The van der Waals surface area contributed by atoms with Crippen LogP contribution >= 0.6 is 0 Å². The van der Waals surface area contributed by atoms with Crippen LogP contribution in [0.2, 0.25) is 0 Å². The van der Waals surface area contributed by atoms with E-state index in [2.05, 4.69) is 10.0 Å². The van der Waals surface area contributed by atoms with Gasteiger partial charge in [-0.3, -0.25) is 9.59 Å². The minimum atomic E-state index is -1.79. The van der Waals surface area contributed by atoms with Crippen molar-refractivity contribution in [3.05, 3.63) is 68.1 Å². The van der Waals surface area contributed by atoms with Gasteiger partial charge in [-0.2, -0.15) is 0 Å². The summed E-state index contributed by atoms with van der Waals surface area (Å²) in [6.07, 6.45) is -4.79. The molecule has 3 aliphatic rings. The number of phenols is 2. The first-order valence-corrected chi connectivity index (χ1v) is 11.8. The zero-order valence-corrected chi connectivity index (χ0v) is 19.7. The van der Waals surface area contributed by atoms with E-state index < -0.39 is 65.9 Å². The molecule has 1 saturated heterocycles. The number of aliphatic hydroxyl groups excluding tert-OH is 2. The first-order valence-electron chi connectivity index (χ1n) is 11.8. The van der Waals surface area contributed by atoms with Gasteiger partial charge < -0.3 is 35.0 Å². The van der Waals surface area contributed by atoms with Gasteiger partial charge in [-0.1, -0.05) is 29.4 Å². The van der Waals surface area contributed by atoms with Gasteiger partial charge in [0.2, 0.25) is 0 Å². The number of azide groups is 1. The molecule has 1 aliphatic heterocycles. The SMILES string of the molecule is CC1O[C@@H](O[C@H]2C[C@](O)(CO)Cc3c(O)c4c(c(O)c32)C(=O)c2ccccc2C4=O)C[C@@H](O)[C@@H]1N=[N+]=[N-]. The number of carbonyl (C=O) groups excluding carboxylic acids is 2. The first-order chi connectivity index (χ1) is 17.6. The number of carbonyl (C=O) groups is 2. The van der Waals surface area contributed by atoms with Crippen molar-refractivity contribution in [2.75, 3.05) is 6.61 Å². The molecule has 5 rings (SSSR count). The molecule has 1 fully saturated rings. The highest BCUT2D eigenvalue weighted by molar-refractivity contribution is 6.30. The molecule has 2 aromatic rings. The highest BCUT2D eigenvalue weighted by Crippen LogP contribution is 2.51. The molecule has 1 heterocycles. The van der Waals surface area contributed by atoms with Crippen molar-refractivity contribution in [3.8, 4) is 11.5 Å². The summed E-state index contributed by atoms with van der Waals surface area (Å²) in [4.78, 5) is 29.3. The lowest BCUT2D eigenvalue weighted by Crippen LogP contribution is -2.48. The van der Waals surface area contributed by atoms with Crippen LogP contribution in [0, 0.1) is 0 Å². The van der Waals surface area contributed by atoms with Gasteiger partial charge in [0, 0.05) is 46.4 Å². The van der Waals surface area contributed by atoms with Crippen LogP contribution in [0.25, 0.3) is 10.4 Å². The molecule has 0 bridgehead atoms. The quantitative estimate of drug-likeness (QED) is 0.150. The van der Waals surface area contributed by atoms with E-state index in [1.165, 1.54) is 12.1 Å². The largest absolute Gasteiger partial charge is 0.507 e. The Hall–Kier alpha value is -3.51. The number of ketones is 2. The Morgan fingerprint density at radius 2 is 1.78 bits per heavy atom. The average molecular weight is 511 g/mol. The minimum absolute atomic E-state index is 0.0159. The minimum Gasteiger partial charge on any atom is -0.507 e. The molecule has 37 heavy (non-hydrogen) atoms. The summed E-state index contributed by atoms with van der Waals surface area (Å²) in [7, 11) is 0. The number of phenolic OH excluding ortho intramolecular Hbond substituents is 2. The van der Waals surface area contributed by atoms with Gasteiger partial charge in [-0.25, -0.2) is 0 Å². The normalized spacial score (nSPS) is 30.6. The summed E-state index contributed by atoms with van der Waals surface area (Å²) in [6.45, 7) is 0.862. The zero-order valence-electron chi connectivity index (χ0n) is 19.7. The standard InChI is InChI=1S/C25H25N3O9/c1-10-20(27-28-26)14(30)6-16(36-10)37-15-8-25(35,9-29)7-13-17(15)24(34)19-18(23(13)33)21(31)11-4-2-3-5-12(11)22(19)32/h2-5,10,14-16,20,29-30,33-35H,6-9H2,1H3/t10?,14-,15+,16+,20-,25+/m1/s1. The third-order valence-electron chi connectivity index (χ3n) is 7.32. The maximum absolute atomic E-state index is 13.3. The Balaban J connectivity index is 1.60. The smallest absolute Gasteiger partial charge is 0.198 e. The van der Waals surface area contributed by atoms with Crippen molar-refractivity contribution in [1.82, 2.24) is 0 Å². The lowest BCUT2D eigenvalue weighted by Gasteiger charge is -2.42. The number of nitrogens with zero attached hydrogens (tertiary/aromatic N) is 3. The van der Waals surface area contributed by atoms with Crippen LogP contribution in [0.1, 0.15) is 68.8 Å². The highest BCUT2D eigenvalue weighted by Gasteiger charge is 2.47. The van der Waals surface area contributed by atoms with Crippen molar-refractivity contribution >= 4 is 11.6 Å². The summed E-state index contributed by atoms with van der Waals surface area (Å²) in [5.74, 6) is -2.47. The average Bonchev–Trinajstić information content (AvgIpc) is 2.86. The zero-order chi connectivity index (χ0) is 26.6. The van der Waals surface area contributed by atoms with Crippen molar-refractivity contribution in [3.63, 3.8) is 0 Å². The second kappa shape index (κ2) is 9.10. The third kappa shape index (κ3) is 3.95. The summed E-state index contributed by atoms with van der Waals surface area (Å²) < 4.78 is 11.8. The van der Waals surface area contributed by atoms with Crippen LogP contribution in [-0.4, -0.2) is 73.8 Å². The molecule has 0 aromatic heterocycles. The highest BCUT2D eigenvalue weighted by atomic mass is 16.7. The monoisotopic (exact) mass is 511 g/mol. The van der Waals surface area contributed by atoms with Gasteiger partial charge >= 0.3 is 0 Å². The van der Waals surface area contributed by atoms with Gasteiger partial charge in [0.05, 0.1) is 47.7 Å². The Labute approximate surface area is 210 Å². The van der Waals surface area contributed by atoms with E-state index in [4.69, 9.17) is 15.0 Å². The lowest BCUT2D eigenvalue weighted by atomic mass is 9.73. The molecule has 12 heteroatoms. The predicted molar refractivity (Wildman–Crippen MR) is 125 cm³/mol. The van der Waals surface area contributed by atoms with Gasteiger partial charge in [0.15, 0.2) is 17.9 Å². The fourth-order valence-corrected chi connectivity index (χ4v) is 5.52. The van der Waals surface area contributed by atoms with Gasteiger partial charge in [-0.15, -0.1) is 0 Å². The van der Waals surface area contributed by atoms with Crippen LogP contribution in [0.15, 0.2) is 29.4 Å². The molecule has 0 spiro atoms. The first kappa shape index (κ1) is 25.2. The molecule has 5 N–H and O–H groups in total. The van der Waals surface area contributed by atoms with Gasteiger partial charge in [0.1, 0.15) is 11.5 Å². The van der Waals surface area contributed by atoms with E-state index in [1.54, 1.807) is 19.1 Å². The Kier molecular flexibility index (Phi) is 6.19. The number of fused-ring (bicyclic) bond motifs is 3. The topological polar surface area (TPSA) is 203 Å². The number of benzene rings is 2. The van der Waals surface area contributed by atoms with E-state index in [-0.39, 0.29) is 52.6 Å². The lowest BCUT2D eigenvalue weighted by molar-refractivity contribution is -0.245. The van der Waals surface area contributed by atoms with E-state index in [0.29, 0.717) is 0 Å². The van der Waals surface area contributed by atoms with E-state index in [9.17, 15) is 35.1 Å². The Morgan fingerprint density at radius 1 is 1.16 bits per heavy atom. The van der Waals surface area contributed by atoms with Crippen LogP contribution in [0.3, 0.4) is 0 Å². The van der Waals surface area contributed by atoms with Crippen molar-refractivity contribution < 1.29 is 44.6 Å². The molecule has 12 nitrogen and oxygen atoms in total. The van der Waals surface area contributed by atoms with E-state index in [0.717, 1.165) is 0 Å². The van der Waals surface area contributed by atoms with E-state index in [1.807, 2.05) is 0 Å². The van der Waals surface area contributed by atoms with Gasteiger partial charge in [0.25, 0.3) is 0 Å². The molecular formula is C25H25N3O9. The molecule has 0 amide bonds. The van der Waals surface area contributed by atoms with Crippen molar-refractivity contribution in [2.45, 2.75) is 62.4 Å². The van der Waals surface area contributed by atoms with Crippen molar-refractivity contribution in [1.29, 1.82) is 0 Å². The predicted octanol–water partition coefficient (Wildman–Crippen LogP) is 1.78. The summed E-state index contributed by atoms with van der Waals surface area (Å²) in [6, 6.07) is 5.19. The van der Waals surface area contributed by atoms with Crippen molar-refractivity contribution in [2.24, 2.45) is 5.11 Å². The second-order valence-electron chi connectivity index (χ2n) is 9.70. The van der Waals surface area contributed by atoms with Gasteiger partial charge in [-0.05, 0) is 12.5 Å². The molecule has 0 radical (unpaired) electrons. The van der Waals surface area contributed by atoms with Crippen LogP contribution < -0.4 is 0 Å². The number of aromatic hydroxyl groups is 2. The number of hydrogen-bond acceptors (Lipinski definition) is 10. The fourth-order valence-electron chi connectivity index (χ4n) is 5.52. The summed E-state index contributed by atoms with van der Waals surface area (Å²) in [5.41, 5.74) is 6.29. The Bertz CT molecular complexity index is 1340.